The van der Waals surface area contributed by atoms with E-state index in [1.165, 1.54) is 19.3 Å². The number of hydrogen-bond acceptors (Lipinski definition) is 4. The Morgan fingerprint density at radius 2 is 1.53 bits per heavy atom. The van der Waals surface area contributed by atoms with Crippen LogP contribution in [0.1, 0.15) is 51.4 Å². The minimum Gasteiger partial charge on any atom is -0.378 e. The van der Waals surface area contributed by atoms with Crippen LogP contribution < -0.4 is 10.2 Å². The van der Waals surface area contributed by atoms with Crippen molar-refractivity contribution in [2.24, 2.45) is 23.2 Å². The summed E-state index contributed by atoms with van der Waals surface area (Å²) in [5.41, 5.74) is 1.80. The molecule has 0 aromatic heterocycles. The maximum Gasteiger partial charge on any atom is 0.247 e. The highest BCUT2D eigenvalue weighted by Crippen LogP contribution is 2.60. The molecule has 32 heavy (non-hydrogen) atoms. The maximum absolute atomic E-state index is 13.8. The maximum atomic E-state index is 13.8. The zero-order valence-corrected chi connectivity index (χ0v) is 18.9. The molecule has 1 N–H and O–H groups in total. The zero-order valence-electron chi connectivity index (χ0n) is 18.9. The van der Waals surface area contributed by atoms with Crippen molar-refractivity contribution >= 4 is 23.2 Å². The fourth-order valence-corrected chi connectivity index (χ4v) is 7.76. The molecule has 1 unspecified atom stereocenters. The first-order valence-corrected chi connectivity index (χ1v) is 12.6. The molecule has 172 valence electrons. The molecule has 0 spiro atoms. The molecule has 1 aromatic rings. The van der Waals surface area contributed by atoms with E-state index >= 15 is 0 Å². The normalized spacial score (nSPS) is 35.9. The van der Waals surface area contributed by atoms with Crippen molar-refractivity contribution < 1.29 is 14.3 Å². The van der Waals surface area contributed by atoms with Crippen LogP contribution >= 0.6 is 0 Å². The molecule has 1 atom stereocenters. The summed E-state index contributed by atoms with van der Waals surface area (Å²) in [6.07, 6.45) is 8.87. The van der Waals surface area contributed by atoms with Gasteiger partial charge in [0.25, 0.3) is 0 Å². The number of benzene rings is 1. The number of nitrogens with zero attached hydrogens (tertiary/aromatic N) is 2. The Bertz CT molecular complexity index is 842. The van der Waals surface area contributed by atoms with Gasteiger partial charge in [0.1, 0.15) is 6.04 Å². The molecule has 7 rings (SSSR count). The van der Waals surface area contributed by atoms with Gasteiger partial charge >= 0.3 is 0 Å². The highest BCUT2D eigenvalue weighted by Gasteiger charge is 2.56. The molecule has 4 aliphatic carbocycles. The summed E-state index contributed by atoms with van der Waals surface area (Å²) in [5, 5.41) is 3.10. The Hall–Kier alpha value is -2.08. The lowest BCUT2D eigenvalue weighted by atomic mass is 9.49. The van der Waals surface area contributed by atoms with E-state index in [9.17, 15) is 9.59 Å². The SMILES string of the molecule is O=C(Nc1ccc(N2CCOCC2)cc1)C1CCCN1C(=O)C12CC3CC(CC(C3)C1)C2. The number of carbonyl (C=O) groups is 2. The summed E-state index contributed by atoms with van der Waals surface area (Å²) in [5.74, 6) is 2.48. The van der Waals surface area contributed by atoms with Gasteiger partial charge in [-0.25, -0.2) is 0 Å². The Morgan fingerprint density at radius 1 is 0.906 bits per heavy atom. The fraction of sp³-hybridized carbons (Fsp3) is 0.692. The van der Waals surface area contributed by atoms with Crippen LogP contribution in [0.3, 0.4) is 0 Å². The van der Waals surface area contributed by atoms with Gasteiger partial charge in [0, 0.05) is 31.0 Å². The Labute approximate surface area is 190 Å². The molecule has 0 radical (unpaired) electrons. The number of hydrogen-bond donors (Lipinski definition) is 1. The highest BCUT2D eigenvalue weighted by molar-refractivity contribution is 5.98. The Kier molecular flexibility index (Phi) is 5.16. The quantitative estimate of drug-likeness (QED) is 0.781. The number of likely N-dealkylation sites (tertiary alicyclic amines) is 1. The van der Waals surface area contributed by atoms with Crippen LogP contribution in [-0.2, 0) is 14.3 Å². The lowest BCUT2D eigenvalue weighted by molar-refractivity contribution is -0.160. The van der Waals surface area contributed by atoms with Crippen LogP contribution in [0.4, 0.5) is 11.4 Å². The minimum atomic E-state index is -0.325. The molecular formula is C26H35N3O3. The van der Waals surface area contributed by atoms with E-state index in [1.807, 2.05) is 17.0 Å². The topological polar surface area (TPSA) is 61.9 Å². The zero-order chi connectivity index (χ0) is 21.7. The third kappa shape index (κ3) is 3.60. The van der Waals surface area contributed by atoms with Crippen molar-refractivity contribution in [2.75, 3.05) is 43.1 Å². The summed E-state index contributed by atoms with van der Waals surface area (Å²) in [6, 6.07) is 7.75. The van der Waals surface area contributed by atoms with E-state index < -0.39 is 0 Å². The first-order valence-electron chi connectivity index (χ1n) is 12.6. The van der Waals surface area contributed by atoms with Crippen LogP contribution in [0.2, 0.25) is 0 Å². The van der Waals surface area contributed by atoms with E-state index in [4.69, 9.17) is 4.74 Å². The molecule has 6 heteroatoms. The van der Waals surface area contributed by atoms with Gasteiger partial charge in [0.15, 0.2) is 0 Å². The molecule has 2 heterocycles. The summed E-state index contributed by atoms with van der Waals surface area (Å²) < 4.78 is 5.43. The van der Waals surface area contributed by atoms with Gasteiger partial charge < -0.3 is 19.9 Å². The number of amides is 2. The second-order valence-corrected chi connectivity index (χ2v) is 11.0. The van der Waals surface area contributed by atoms with Crippen molar-refractivity contribution in [2.45, 2.75) is 57.4 Å². The minimum absolute atomic E-state index is 0.0281. The average molecular weight is 438 g/mol. The van der Waals surface area contributed by atoms with Crippen molar-refractivity contribution in [1.29, 1.82) is 0 Å². The predicted molar refractivity (Wildman–Crippen MR) is 123 cm³/mol. The number of nitrogens with one attached hydrogen (secondary N) is 1. The Morgan fingerprint density at radius 3 is 2.16 bits per heavy atom. The molecule has 2 saturated heterocycles. The molecule has 2 aliphatic heterocycles. The standard InChI is InChI=1S/C26H35N3O3/c30-24(27-21-3-5-22(6-4-21)28-8-10-32-11-9-28)23-2-1-7-29(23)25(31)26-15-18-12-19(16-26)14-20(13-18)17-26/h3-6,18-20,23H,1-2,7-17H2,(H,27,30). The summed E-state index contributed by atoms with van der Waals surface area (Å²) >= 11 is 0. The van der Waals surface area contributed by atoms with E-state index in [2.05, 4.69) is 22.3 Å². The number of rotatable bonds is 4. The van der Waals surface area contributed by atoms with Crippen LogP contribution in [0.15, 0.2) is 24.3 Å². The molecule has 6 aliphatic rings. The van der Waals surface area contributed by atoms with Gasteiger partial charge in [-0.2, -0.15) is 0 Å². The molecule has 6 fully saturated rings. The van der Waals surface area contributed by atoms with Gasteiger partial charge in [-0.1, -0.05) is 0 Å². The molecule has 2 amide bonds. The average Bonchev–Trinajstić information content (AvgIpc) is 3.29. The van der Waals surface area contributed by atoms with E-state index in [0.717, 1.165) is 94.1 Å². The van der Waals surface area contributed by atoms with E-state index in [1.54, 1.807) is 0 Å². The highest BCUT2D eigenvalue weighted by atomic mass is 16.5. The summed E-state index contributed by atoms with van der Waals surface area (Å²) in [7, 11) is 0. The van der Waals surface area contributed by atoms with Crippen molar-refractivity contribution in [3.8, 4) is 0 Å². The van der Waals surface area contributed by atoms with Gasteiger partial charge in [-0.15, -0.1) is 0 Å². The lowest BCUT2D eigenvalue weighted by Crippen LogP contribution is -2.56. The first-order chi connectivity index (χ1) is 15.6. The smallest absolute Gasteiger partial charge is 0.247 e. The van der Waals surface area contributed by atoms with Gasteiger partial charge in [0.05, 0.1) is 18.6 Å². The fourth-order valence-electron chi connectivity index (χ4n) is 7.76. The van der Waals surface area contributed by atoms with E-state index in [-0.39, 0.29) is 23.3 Å². The third-order valence-corrected chi connectivity index (χ3v) is 8.82. The third-order valence-electron chi connectivity index (χ3n) is 8.82. The summed E-state index contributed by atoms with van der Waals surface area (Å²) in [4.78, 5) is 31.3. The Balaban J connectivity index is 1.13. The van der Waals surface area contributed by atoms with Gasteiger partial charge in [-0.3, -0.25) is 9.59 Å². The molecule has 4 saturated carbocycles. The van der Waals surface area contributed by atoms with Crippen molar-refractivity contribution in [1.82, 2.24) is 4.90 Å². The van der Waals surface area contributed by atoms with Crippen molar-refractivity contribution in [3.63, 3.8) is 0 Å². The van der Waals surface area contributed by atoms with Crippen LogP contribution in [0, 0.1) is 23.2 Å². The van der Waals surface area contributed by atoms with Crippen molar-refractivity contribution in [3.05, 3.63) is 24.3 Å². The lowest BCUT2D eigenvalue weighted by Gasteiger charge is -2.56. The summed E-state index contributed by atoms with van der Waals surface area (Å²) in [6.45, 7) is 4.04. The monoisotopic (exact) mass is 437 g/mol. The molecule has 6 nitrogen and oxygen atoms in total. The van der Waals surface area contributed by atoms with Crippen LogP contribution in [0.25, 0.3) is 0 Å². The second-order valence-electron chi connectivity index (χ2n) is 11.0. The second kappa shape index (κ2) is 8.05. The van der Waals surface area contributed by atoms with Gasteiger partial charge in [0.2, 0.25) is 11.8 Å². The largest absolute Gasteiger partial charge is 0.378 e. The van der Waals surface area contributed by atoms with Crippen LogP contribution in [-0.4, -0.2) is 55.6 Å². The number of anilines is 2. The number of morpholine rings is 1. The van der Waals surface area contributed by atoms with E-state index in [0.29, 0.717) is 0 Å². The molecule has 4 bridgehead atoms. The molecular weight excluding hydrogens is 402 g/mol. The molecule has 1 aromatic carbocycles. The van der Waals surface area contributed by atoms with Gasteiger partial charge in [-0.05, 0) is 93.4 Å². The predicted octanol–water partition coefficient (Wildman–Crippen LogP) is 3.67. The van der Waals surface area contributed by atoms with Crippen LogP contribution in [0.5, 0.6) is 0 Å². The number of carbonyl (C=O) groups excluding carboxylic acids is 2. The number of ether oxygens (including phenoxy) is 1. The first kappa shape index (κ1) is 20.5.